The van der Waals surface area contributed by atoms with Crippen molar-refractivity contribution in [1.29, 1.82) is 0 Å². The van der Waals surface area contributed by atoms with Crippen LogP contribution in [0.1, 0.15) is 36.1 Å². The van der Waals surface area contributed by atoms with Crippen LogP contribution in [0.25, 0.3) is 0 Å². The Morgan fingerprint density at radius 1 is 0.938 bits per heavy atom. The van der Waals surface area contributed by atoms with Crippen LogP contribution < -0.4 is 39.0 Å². The fourth-order valence-electron chi connectivity index (χ4n) is 2.37. The van der Waals surface area contributed by atoms with Crippen molar-refractivity contribution in [2.24, 2.45) is 0 Å². The Hall–Kier alpha value is -0.450. The Balaban J connectivity index is -0.000000462. The van der Waals surface area contributed by atoms with Crippen molar-refractivity contribution in [1.82, 2.24) is 0 Å². The zero-order valence-electron chi connectivity index (χ0n) is 20.6. The Morgan fingerprint density at radius 3 is 1.78 bits per heavy atom. The zero-order chi connectivity index (χ0) is 23.3. The summed E-state index contributed by atoms with van der Waals surface area (Å²) >= 11 is 10.8. The molecule has 9 heteroatoms. The number of ether oxygens (including phenoxy) is 3. The number of hydrogen-bond donors (Lipinski definition) is 2. The number of thioether (sulfide) groups is 1. The molecule has 176 valence electrons. The van der Waals surface area contributed by atoms with E-state index in [0.29, 0.717) is 11.0 Å². The van der Waals surface area contributed by atoms with E-state index in [2.05, 4.69) is 32.5 Å². The number of aliphatic hydroxyl groups is 1. The van der Waals surface area contributed by atoms with Crippen LogP contribution in [0.3, 0.4) is 0 Å². The molecule has 2 N–H and O–H groups in total. The van der Waals surface area contributed by atoms with Crippen molar-refractivity contribution < 1.29 is 54.4 Å². The van der Waals surface area contributed by atoms with Crippen LogP contribution in [0, 0.1) is 27.7 Å². The molecule has 0 aromatic heterocycles. The molecule has 0 fully saturated rings. The number of hydrogen-bond acceptors (Lipinski definition) is 8. The minimum Gasteiger partial charge on any atom is -0.870 e. The van der Waals surface area contributed by atoms with E-state index in [1.165, 1.54) is 28.5 Å². The molecule has 0 heterocycles. The van der Waals surface area contributed by atoms with Gasteiger partial charge < -0.3 is 24.8 Å². The molecule has 2 aromatic carbocycles. The molecule has 2 rings (SSSR count). The molecule has 0 aliphatic carbocycles. The molecule has 32 heavy (non-hydrogen) atoms. The van der Waals surface area contributed by atoms with Crippen LogP contribution in [0.15, 0.2) is 34.1 Å². The largest absolute Gasteiger partial charge is 1.00 e. The smallest absolute Gasteiger partial charge is 0.870 e. The zero-order valence-corrected chi connectivity index (χ0v) is 25.1. The second-order valence-electron chi connectivity index (χ2n) is 6.20. The first-order valence-corrected chi connectivity index (χ1v) is 11.3. The van der Waals surface area contributed by atoms with E-state index in [4.69, 9.17) is 31.5 Å². The van der Waals surface area contributed by atoms with Gasteiger partial charge in [-0.2, -0.15) is 0 Å². The average molecular weight is 511 g/mol. The summed E-state index contributed by atoms with van der Waals surface area (Å²) < 4.78 is 16.4. The first-order valence-electron chi connectivity index (χ1n) is 9.61. The maximum atomic E-state index is 7.57. The van der Waals surface area contributed by atoms with Gasteiger partial charge in [0.05, 0.1) is 25.7 Å². The van der Waals surface area contributed by atoms with Gasteiger partial charge in [0.1, 0.15) is 11.5 Å². The summed E-state index contributed by atoms with van der Waals surface area (Å²) in [5.41, 5.74) is 4.76. The molecule has 0 aliphatic rings. The fraction of sp³-hybridized carbons (Fsp3) is 0.435. The Morgan fingerprint density at radius 2 is 1.38 bits per heavy atom. The number of aliphatic hydroxyl groups excluding tert-OH is 1. The molecule has 0 unspecified atom stereocenters. The summed E-state index contributed by atoms with van der Waals surface area (Å²) in [4.78, 5) is 1.90. The number of methoxy groups -OCH3 is 2. The third-order valence-electron chi connectivity index (χ3n) is 4.16. The number of thiol groups is 1. The number of aryl methyl sites for hydroxylation is 2. The van der Waals surface area contributed by atoms with Crippen molar-refractivity contribution >= 4 is 41.0 Å². The quantitative estimate of drug-likeness (QED) is 0.283. The van der Waals surface area contributed by atoms with Gasteiger partial charge in [-0.05, 0) is 99.9 Å². The van der Waals surface area contributed by atoms with Crippen LogP contribution in [0.4, 0.5) is 0 Å². The molecule has 0 spiro atoms. The molecule has 0 atom stereocenters. The van der Waals surface area contributed by atoms with Gasteiger partial charge in [-0.15, -0.1) is 12.6 Å². The van der Waals surface area contributed by atoms with Crippen molar-refractivity contribution in [2.75, 3.05) is 27.4 Å². The molecule has 2 aromatic rings. The molecule has 0 radical (unpaired) electrons. The van der Waals surface area contributed by atoms with Gasteiger partial charge in [0.2, 0.25) is 4.38 Å². The van der Waals surface area contributed by atoms with E-state index >= 15 is 0 Å². The van der Waals surface area contributed by atoms with Gasteiger partial charge in [0, 0.05) is 11.5 Å². The van der Waals surface area contributed by atoms with E-state index < -0.39 is 0 Å². The Labute approximate surface area is 230 Å². The van der Waals surface area contributed by atoms with E-state index in [-0.39, 0.29) is 41.6 Å². The summed E-state index contributed by atoms with van der Waals surface area (Å²) in [7, 11) is 3.34. The summed E-state index contributed by atoms with van der Waals surface area (Å²) in [5.74, 6) is 1.76. The van der Waals surface area contributed by atoms with Gasteiger partial charge in [0.15, 0.2) is 0 Å². The van der Waals surface area contributed by atoms with Crippen molar-refractivity contribution in [2.45, 2.75) is 51.3 Å². The van der Waals surface area contributed by atoms with Crippen LogP contribution >= 0.6 is 36.6 Å². The molecule has 0 saturated heterocycles. The minimum atomic E-state index is 0. The molecular formula is C23H35NaO5S3. The molecule has 0 saturated carbocycles. The second-order valence-corrected chi connectivity index (χ2v) is 8.33. The summed E-state index contributed by atoms with van der Waals surface area (Å²) in [6.45, 7) is 12.7. The molecule has 0 bridgehead atoms. The average Bonchev–Trinajstić information content (AvgIpc) is 2.70. The minimum absolute atomic E-state index is 0. The number of thiocarbonyl (C=S) groups is 1. The predicted molar refractivity (Wildman–Crippen MR) is 137 cm³/mol. The second kappa shape index (κ2) is 20.0. The predicted octanol–water partition coefficient (Wildman–Crippen LogP) is 3.15. The van der Waals surface area contributed by atoms with Crippen LogP contribution in [0.5, 0.6) is 11.5 Å². The van der Waals surface area contributed by atoms with Crippen LogP contribution in [0.2, 0.25) is 0 Å². The first-order chi connectivity index (χ1) is 14.2. The monoisotopic (exact) mass is 510 g/mol. The Kier molecular flexibility index (Phi) is 22.5. The Bertz CT molecular complexity index is 817. The number of rotatable bonds is 4. The number of benzene rings is 2. The first kappa shape index (κ1) is 36.1. The van der Waals surface area contributed by atoms with Gasteiger partial charge in [-0.3, -0.25) is 0 Å². The van der Waals surface area contributed by atoms with Crippen molar-refractivity contribution in [3.8, 4) is 11.5 Å². The maximum Gasteiger partial charge on any atom is 1.00 e. The van der Waals surface area contributed by atoms with Gasteiger partial charge >= 0.3 is 29.6 Å². The van der Waals surface area contributed by atoms with E-state index in [1.807, 2.05) is 39.0 Å². The molecule has 0 amide bonds. The van der Waals surface area contributed by atoms with Crippen LogP contribution in [-0.2, 0) is 4.74 Å². The SMILES string of the molecule is CCO.CCOC(=S)Sc1ccc(C)c(C)c1OC.COc1c(S)ccc(C)c1C.[Na+].[OH-]. The van der Waals surface area contributed by atoms with Gasteiger partial charge in [0.25, 0.3) is 0 Å². The molecular weight excluding hydrogens is 475 g/mol. The summed E-state index contributed by atoms with van der Waals surface area (Å²) in [6, 6.07) is 8.07. The van der Waals surface area contributed by atoms with E-state index in [9.17, 15) is 0 Å². The van der Waals surface area contributed by atoms with Gasteiger partial charge in [-0.1, -0.05) is 12.1 Å². The fourth-order valence-corrected chi connectivity index (χ4v) is 3.91. The van der Waals surface area contributed by atoms with E-state index in [1.54, 1.807) is 21.1 Å². The third kappa shape index (κ3) is 12.1. The normalized spacial score (nSPS) is 8.94. The summed E-state index contributed by atoms with van der Waals surface area (Å²) in [6.07, 6.45) is 0. The van der Waals surface area contributed by atoms with Crippen molar-refractivity contribution in [3.63, 3.8) is 0 Å². The van der Waals surface area contributed by atoms with Gasteiger partial charge in [-0.25, -0.2) is 0 Å². The van der Waals surface area contributed by atoms with Crippen LogP contribution in [-0.4, -0.2) is 42.4 Å². The standard InChI is InChI=1S/C12H16O2S2.C9H12OS.C2H6O.Na.H2O/c1-5-14-12(15)16-10-7-6-8(2)9(3)11(10)13-4;1-6-4-5-8(11)9(10-3)7(6)2;1-2-3;;/h6-7H,5H2,1-4H3;4-5,11H,1-3H3;3H,2H2,1H3;;1H2/q;;;+1;/p-1. The molecule has 0 aliphatic heterocycles. The van der Waals surface area contributed by atoms with Crippen molar-refractivity contribution in [3.05, 3.63) is 46.5 Å². The maximum absolute atomic E-state index is 7.57. The summed E-state index contributed by atoms with van der Waals surface area (Å²) in [5, 5.41) is 7.57. The topological polar surface area (TPSA) is 77.9 Å². The third-order valence-corrected chi connectivity index (χ3v) is 5.71. The van der Waals surface area contributed by atoms with E-state index in [0.717, 1.165) is 26.9 Å². The molecule has 5 nitrogen and oxygen atoms in total.